The first-order valence-corrected chi connectivity index (χ1v) is 8.58. The molecule has 2 heterocycles. The van der Waals surface area contributed by atoms with Crippen molar-refractivity contribution in [2.45, 2.75) is 6.10 Å². The number of hydrogen-bond acceptors (Lipinski definition) is 2. The van der Waals surface area contributed by atoms with Gasteiger partial charge in [0.15, 0.2) is 6.10 Å². The number of para-hydroxylation sites is 1. The van der Waals surface area contributed by atoms with Gasteiger partial charge in [-0.2, -0.15) is 0 Å². The molecule has 1 aliphatic heterocycles. The molecule has 0 N–H and O–H groups in total. The molecular formula is C22H14ClNO. The fraction of sp³-hybridized carbons (Fsp3) is 0.0455. The van der Waals surface area contributed by atoms with E-state index >= 15 is 0 Å². The molecule has 1 aromatic heterocycles. The van der Waals surface area contributed by atoms with Gasteiger partial charge in [-0.3, -0.25) is 0 Å². The number of ether oxygens (including phenoxy) is 1. The van der Waals surface area contributed by atoms with Crippen molar-refractivity contribution in [3.8, 4) is 17.0 Å². The summed E-state index contributed by atoms with van der Waals surface area (Å²) in [6.45, 7) is 0. The SMILES string of the molecule is Clc1ccc2nc3c(cc2c1)C(c1ccccc1)Oc1ccccc1-3. The molecule has 5 rings (SSSR count). The number of nitrogens with zero attached hydrogens (tertiary/aromatic N) is 1. The minimum atomic E-state index is -0.179. The van der Waals surface area contributed by atoms with Crippen molar-refractivity contribution in [3.05, 3.63) is 95.0 Å². The van der Waals surface area contributed by atoms with Gasteiger partial charge in [-0.05, 0) is 42.0 Å². The van der Waals surface area contributed by atoms with E-state index in [1.165, 1.54) is 0 Å². The zero-order valence-electron chi connectivity index (χ0n) is 13.3. The molecule has 1 aliphatic rings. The Bertz CT molecular complexity index is 1090. The van der Waals surface area contributed by atoms with Crippen LogP contribution in [0.15, 0.2) is 78.9 Å². The average Bonchev–Trinajstić information content (AvgIpc) is 2.66. The number of fused-ring (bicyclic) bond motifs is 4. The lowest BCUT2D eigenvalue weighted by atomic mass is 9.92. The molecule has 0 radical (unpaired) electrons. The predicted octanol–water partition coefficient (Wildman–Crippen LogP) is 6.04. The topological polar surface area (TPSA) is 22.1 Å². The average molecular weight is 344 g/mol. The predicted molar refractivity (Wildman–Crippen MR) is 101 cm³/mol. The molecule has 0 amide bonds. The van der Waals surface area contributed by atoms with E-state index in [0.29, 0.717) is 5.02 Å². The van der Waals surface area contributed by atoms with E-state index in [1.807, 2.05) is 54.6 Å². The lowest BCUT2D eigenvalue weighted by Crippen LogP contribution is -2.16. The zero-order valence-corrected chi connectivity index (χ0v) is 14.1. The Hall–Kier alpha value is -2.84. The van der Waals surface area contributed by atoms with Crippen molar-refractivity contribution in [2.24, 2.45) is 0 Å². The number of rotatable bonds is 1. The van der Waals surface area contributed by atoms with Crippen LogP contribution in [0.25, 0.3) is 22.2 Å². The van der Waals surface area contributed by atoms with Crippen LogP contribution < -0.4 is 4.74 Å². The van der Waals surface area contributed by atoms with Crippen molar-refractivity contribution in [1.82, 2.24) is 4.98 Å². The first kappa shape index (κ1) is 14.5. The van der Waals surface area contributed by atoms with Crippen LogP contribution in [0.3, 0.4) is 0 Å². The van der Waals surface area contributed by atoms with E-state index in [1.54, 1.807) is 0 Å². The molecule has 120 valence electrons. The number of pyridine rings is 1. The number of benzene rings is 3. The Morgan fingerprint density at radius 1 is 0.840 bits per heavy atom. The summed E-state index contributed by atoms with van der Waals surface area (Å²) in [5, 5.41) is 1.73. The number of aromatic nitrogens is 1. The second-order valence-electron chi connectivity index (χ2n) is 6.17. The summed E-state index contributed by atoms with van der Waals surface area (Å²) in [4.78, 5) is 4.94. The normalized spacial score (nSPS) is 15.3. The molecule has 0 aliphatic carbocycles. The third kappa shape index (κ3) is 2.38. The Morgan fingerprint density at radius 3 is 2.52 bits per heavy atom. The van der Waals surface area contributed by atoms with Crippen molar-refractivity contribution < 1.29 is 4.74 Å². The van der Waals surface area contributed by atoms with Gasteiger partial charge in [-0.25, -0.2) is 4.98 Å². The highest BCUT2D eigenvalue weighted by atomic mass is 35.5. The maximum atomic E-state index is 6.35. The van der Waals surface area contributed by atoms with Gasteiger partial charge in [-0.15, -0.1) is 0 Å². The van der Waals surface area contributed by atoms with E-state index in [-0.39, 0.29) is 6.10 Å². The molecule has 0 saturated carbocycles. The summed E-state index contributed by atoms with van der Waals surface area (Å²) in [5.41, 5.74) is 5.12. The lowest BCUT2D eigenvalue weighted by Gasteiger charge is -2.28. The van der Waals surface area contributed by atoms with Gasteiger partial charge in [-0.1, -0.05) is 54.1 Å². The smallest absolute Gasteiger partial charge is 0.151 e. The Labute approximate surface area is 150 Å². The van der Waals surface area contributed by atoms with Gasteiger partial charge in [0.05, 0.1) is 11.2 Å². The summed E-state index contributed by atoms with van der Waals surface area (Å²) < 4.78 is 6.35. The van der Waals surface area contributed by atoms with Crippen molar-refractivity contribution in [2.75, 3.05) is 0 Å². The molecule has 3 heteroatoms. The molecule has 0 bridgehead atoms. The molecule has 0 saturated heterocycles. The minimum Gasteiger partial charge on any atom is -0.480 e. The molecule has 1 unspecified atom stereocenters. The molecule has 1 atom stereocenters. The summed E-state index contributed by atoms with van der Waals surface area (Å²) in [7, 11) is 0. The van der Waals surface area contributed by atoms with Gasteiger partial charge in [0.25, 0.3) is 0 Å². The van der Waals surface area contributed by atoms with E-state index in [0.717, 1.165) is 39.0 Å². The van der Waals surface area contributed by atoms with E-state index in [4.69, 9.17) is 21.3 Å². The summed E-state index contributed by atoms with van der Waals surface area (Å²) in [6, 6.07) is 26.3. The van der Waals surface area contributed by atoms with Crippen LogP contribution in [0.4, 0.5) is 0 Å². The lowest BCUT2D eigenvalue weighted by molar-refractivity contribution is 0.243. The summed E-state index contributed by atoms with van der Waals surface area (Å²) in [6.07, 6.45) is -0.179. The van der Waals surface area contributed by atoms with Crippen LogP contribution in [0.2, 0.25) is 5.02 Å². The van der Waals surface area contributed by atoms with Gasteiger partial charge in [0, 0.05) is 21.5 Å². The maximum Gasteiger partial charge on any atom is 0.151 e. The van der Waals surface area contributed by atoms with Gasteiger partial charge < -0.3 is 4.74 Å². The maximum absolute atomic E-state index is 6.35. The van der Waals surface area contributed by atoms with Crippen LogP contribution in [-0.4, -0.2) is 4.98 Å². The fourth-order valence-corrected chi connectivity index (χ4v) is 3.59. The highest BCUT2D eigenvalue weighted by Gasteiger charge is 2.28. The van der Waals surface area contributed by atoms with Crippen molar-refractivity contribution >= 4 is 22.5 Å². The standard InChI is InChI=1S/C22H14ClNO/c23-16-10-11-19-15(12-16)13-18-21(24-19)17-8-4-5-9-20(17)25-22(18)14-6-2-1-3-7-14/h1-13,22H. The minimum absolute atomic E-state index is 0.179. The Balaban J connectivity index is 1.82. The molecule has 0 spiro atoms. The quantitative estimate of drug-likeness (QED) is 0.420. The summed E-state index contributed by atoms with van der Waals surface area (Å²) in [5.74, 6) is 0.865. The second kappa shape index (κ2) is 5.61. The van der Waals surface area contributed by atoms with E-state index < -0.39 is 0 Å². The highest BCUT2D eigenvalue weighted by Crippen LogP contribution is 2.44. The van der Waals surface area contributed by atoms with Crippen molar-refractivity contribution in [1.29, 1.82) is 0 Å². The van der Waals surface area contributed by atoms with Crippen LogP contribution >= 0.6 is 11.6 Å². The van der Waals surface area contributed by atoms with Crippen LogP contribution in [0.1, 0.15) is 17.2 Å². The van der Waals surface area contributed by atoms with Gasteiger partial charge in [0.1, 0.15) is 5.75 Å². The van der Waals surface area contributed by atoms with Crippen LogP contribution in [0.5, 0.6) is 5.75 Å². The molecule has 25 heavy (non-hydrogen) atoms. The zero-order chi connectivity index (χ0) is 16.8. The molecule has 0 fully saturated rings. The molecule has 2 nitrogen and oxygen atoms in total. The first-order valence-electron chi connectivity index (χ1n) is 8.21. The third-order valence-corrected chi connectivity index (χ3v) is 4.81. The van der Waals surface area contributed by atoms with E-state index in [9.17, 15) is 0 Å². The van der Waals surface area contributed by atoms with Gasteiger partial charge >= 0.3 is 0 Å². The van der Waals surface area contributed by atoms with Gasteiger partial charge in [0.2, 0.25) is 0 Å². The Morgan fingerprint density at radius 2 is 1.64 bits per heavy atom. The van der Waals surface area contributed by atoms with Crippen molar-refractivity contribution in [3.63, 3.8) is 0 Å². The van der Waals surface area contributed by atoms with E-state index in [2.05, 4.69) is 24.3 Å². The third-order valence-electron chi connectivity index (χ3n) is 4.58. The molecule has 4 aromatic rings. The Kier molecular flexibility index (Phi) is 3.25. The highest BCUT2D eigenvalue weighted by molar-refractivity contribution is 6.31. The molecule has 3 aromatic carbocycles. The van der Waals surface area contributed by atoms with Crippen LogP contribution in [-0.2, 0) is 0 Å². The number of halogens is 1. The fourth-order valence-electron chi connectivity index (χ4n) is 3.41. The molecular weight excluding hydrogens is 330 g/mol. The number of hydrogen-bond donors (Lipinski definition) is 0. The first-order chi connectivity index (χ1) is 12.3. The monoisotopic (exact) mass is 343 g/mol. The summed E-state index contributed by atoms with van der Waals surface area (Å²) >= 11 is 6.18. The second-order valence-corrected chi connectivity index (χ2v) is 6.60. The largest absolute Gasteiger partial charge is 0.480 e. The van der Waals surface area contributed by atoms with Crippen LogP contribution in [0, 0.1) is 0 Å².